The number of aromatic amines is 1. The minimum absolute atomic E-state index is 0.131. The van der Waals surface area contributed by atoms with Crippen LogP contribution in [-0.2, 0) is 19.4 Å². The van der Waals surface area contributed by atoms with Gasteiger partial charge in [0, 0.05) is 69.9 Å². The van der Waals surface area contributed by atoms with Crippen molar-refractivity contribution in [3.05, 3.63) is 120 Å². The summed E-state index contributed by atoms with van der Waals surface area (Å²) in [5.74, 6) is 0.656. The van der Waals surface area contributed by atoms with Gasteiger partial charge in [-0.05, 0) is 66.9 Å². The number of nitrogens with one attached hydrogen (secondary N) is 2. The first-order valence-electron chi connectivity index (χ1n) is 14.7. The molecule has 0 bridgehead atoms. The number of pyridine rings is 1. The number of hydrogen-bond donors (Lipinski definition) is 2. The van der Waals surface area contributed by atoms with Crippen LogP contribution in [0.2, 0.25) is 0 Å². The number of para-hydroxylation sites is 1. The van der Waals surface area contributed by atoms with Crippen molar-refractivity contribution in [1.29, 1.82) is 0 Å². The number of aryl methyl sites for hydroxylation is 2. The molecular formula is C36H32N6O. The van der Waals surface area contributed by atoms with Gasteiger partial charge in [0.05, 0.1) is 17.9 Å². The third kappa shape index (κ3) is 5.26. The predicted molar refractivity (Wildman–Crippen MR) is 172 cm³/mol. The molecule has 7 rings (SSSR count). The van der Waals surface area contributed by atoms with Crippen molar-refractivity contribution >= 4 is 22.6 Å². The summed E-state index contributed by atoms with van der Waals surface area (Å²) in [6, 6.07) is 28.7. The van der Waals surface area contributed by atoms with E-state index in [0.717, 1.165) is 73.5 Å². The molecule has 0 spiro atoms. The number of fused-ring (bicyclic) bond motifs is 2. The predicted octanol–water partition coefficient (Wildman–Crippen LogP) is 7.81. The molecule has 212 valence electrons. The van der Waals surface area contributed by atoms with Crippen LogP contribution in [0.1, 0.15) is 29.3 Å². The molecular weight excluding hydrogens is 532 g/mol. The Morgan fingerprint density at radius 2 is 1.81 bits per heavy atom. The Bertz CT molecular complexity index is 1930. The van der Waals surface area contributed by atoms with E-state index in [1.54, 1.807) is 12.4 Å². The summed E-state index contributed by atoms with van der Waals surface area (Å²) in [5.41, 5.74) is 11.0. The van der Waals surface area contributed by atoms with Gasteiger partial charge in [0.2, 0.25) is 0 Å². The molecule has 2 N–H and O–H groups in total. The van der Waals surface area contributed by atoms with Gasteiger partial charge in [0.15, 0.2) is 5.82 Å². The number of carbonyl (C=O) groups excluding carboxylic acids is 1. The number of amides is 2. The zero-order valence-electron chi connectivity index (χ0n) is 24.3. The van der Waals surface area contributed by atoms with Crippen molar-refractivity contribution < 1.29 is 4.79 Å². The van der Waals surface area contributed by atoms with Gasteiger partial charge in [-0.3, -0.25) is 4.98 Å². The van der Waals surface area contributed by atoms with Crippen molar-refractivity contribution in [3.8, 4) is 33.9 Å². The Morgan fingerprint density at radius 1 is 0.953 bits per heavy atom. The number of urea groups is 1. The summed E-state index contributed by atoms with van der Waals surface area (Å²) in [7, 11) is 0. The largest absolute Gasteiger partial charge is 0.355 e. The number of carbonyl (C=O) groups is 1. The van der Waals surface area contributed by atoms with E-state index in [4.69, 9.17) is 9.97 Å². The van der Waals surface area contributed by atoms with Crippen LogP contribution in [0.15, 0.2) is 97.3 Å². The standard InChI is InChI=1S/C36H32N6O/c1-3-24-17-27(33-20-25-10-5-7-13-31(25)39-33)19-28(18-24)38-36(43)42-16-14-32-30(22-42)34(29-12-6-4-9-23(29)2)41-35(40-32)26-11-8-15-37-21-26/h4-13,15,17-21,39H,3,14,16,22H2,1-2H3,(H,38,43). The Balaban J connectivity index is 1.20. The van der Waals surface area contributed by atoms with Crippen molar-refractivity contribution in [3.63, 3.8) is 0 Å². The Labute approximate surface area is 250 Å². The van der Waals surface area contributed by atoms with Crippen LogP contribution < -0.4 is 5.32 Å². The molecule has 3 aromatic carbocycles. The normalized spacial score (nSPS) is 12.7. The number of H-pyrrole nitrogens is 1. The quantitative estimate of drug-likeness (QED) is 0.224. The summed E-state index contributed by atoms with van der Waals surface area (Å²) in [4.78, 5) is 33.4. The van der Waals surface area contributed by atoms with E-state index in [1.807, 2.05) is 47.4 Å². The first kappa shape index (κ1) is 26.6. The molecule has 3 aromatic heterocycles. The summed E-state index contributed by atoms with van der Waals surface area (Å²) in [5, 5.41) is 4.36. The molecule has 43 heavy (non-hydrogen) atoms. The fourth-order valence-electron chi connectivity index (χ4n) is 5.83. The molecule has 0 atom stereocenters. The lowest BCUT2D eigenvalue weighted by Gasteiger charge is -2.30. The molecule has 2 amide bonds. The zero-order chi connectivity index (χ0) is 29.3. The van der Waals surface area contributed by atoms with Crippen LogP contribution in [0.3, 0.4) is 0 Å². The maximum Gasteiger partial charge on any atom is 0.322 e. The smallest absolute Gasteiger partial charge is 0.322 e. The highest BCUT2D eigenvalue weighted by Gasteiger charge is 2.27. The topological polar surface area (TPSA) is 86.8 Å². The fourth-order valence-corrected chi connectivity index (χ4v) is 5.83. The second-order valence-corrected chi connectivity index (χ2v) is 11.0. The lowest BCUT2D eigenvalue weighted by atomic mass is 9.96. The van der Waals surface area contributed by atoms with Gasteiger partial charge in [0.25, 0.3) is 0 Å². The molecule has 7 heteroatoms. The van der Waals surface area contributed by atoms with Crippen LogP contribution in [0.4, 0.5) is 10.5 Å². The maximum atomic E-state index is 13.7. The molecule has 1 aliphatic rings. The van der Waals surface area contributed by atoms with Gasteiger partial charge in [-0.1, -0.05) is 49.4 Å². The summed E-state index contributed by atoms with van der Waals surface area (Å²) >= 11 is 0. The first-order valence-corrected chi connectivity index (χ1v) is 14.7. The van der Waals surface area contributed by atoms with Crippen LogP contribution in [0.5, 0.6) is 0 Å². The SMILES string of the molecule is CCc1cc(NC(=O)N2CCc3nc(-c4cccnc4)nc(-c4ccccc4C)c3C2)cc(-c2cc3ccccc3[nH]2)c1. The van der Waals surface area contributed by atoms with E-state index in [0.29, 0.717) is 25.3 Å². The molecule has 0 saturated heterocycles. The molecule has 0 saturated carbocycles. The average molecular weight is 565 g/mol. The molecule has 1 aliphatic heterocycles. The minimum atomic E-state index is -0.131. The molecule has 0 radical (unpaired) electrons. The van der Waals surface area contributed by atoms with Crippen LogP contribution in [-0.4, -0.2) is 37.4 Å². The summed E-state index contributed by atoms with van der Waals surface area (Å²) in [6.45, 7) is 5.22. The Kier molecular flexibility index (Phi) is 6.91. The lowest BCUT2D eigenvalue weighted by Crippen LogP contribution is -2.39. The highest BCUT2D eigenvalue weighted by atomic mass is 16.2. The van der Waals surface area contributed by atoms with Crippen molar-refractivity contribution in [2.45, 2.75) is 33.2 Å². The van der Waals surface area contributed by atoms with Gasteiger partial charge in [-0.25, -0.2) is 14.8 Å². The number of nitrogens with zero attached hydrogens (tertiary/aromatic N) is 4. The van der Waals surface area contributed by atoms with E-state index < -0.39 is 0 Å². The number of rotatable bonds is 5. The van der Waals surface area contributed by atoms with Crippen LogP contribution >= 0.6 is 0 Å². The van der Waals surface area contributed by atoms with E-state index in [9.17, 15) is 4.79 Å². The summed E-state index contributed by atoms with van der Waals surface area (Å²) in [6.07, 6.45) is 5.05. The molecule has 7 nitrogen and oxygen atoms in total. The molecule has 0 unspecified atom stereocenters. The van der Waals surface area contributed by atoms with Crippen LogP contribution in [0, 0.1) is 6.92 Å². The van der Waals surface area contributed by atoms with E-state index in [2.05, 4.69) is 71.6 Å². The number of benzene rings is 3. The van der Waals surface area contributed by atoms with Crippen molar-refractivity contribution in [2.24, 2.45) is 0 Å². The van der Waals surface area contributed by atoms with E-state index in [-0.39, 0.29) is 6.03 Å². The first-order chi connectivity index (χ1) is 21.1. The van der Waals surface area contributed by atoms with E-state index >= 15 is 0 Å². The van der Waals surface area contributed by atoms with Gasteiger partial charge in [0.1, 0.15) is 0 Å². The Hall–Kier alpha value is -5.30. The molecule has 6 aromatic rings. The molecule has 0 fully saturated rings. The zero-order valence-corrected chi connectivity index (χ0v) is 24.3. The van der Waals surface area contributed by atoms with E-state index in [1.165, 1.54) is 0 Å². The monoisotopic (exact) mass is 564 g/mol. The number of hydrogen-bond acceptors (Lipinski definition) is 4. The van der Waals surface area contributed by atoms with Crippen molar-refractivity contribution in [2.75, 3.05) is 11.9 Å². The molecule has 4 heterocycles. The third-order valence-electron chi connectivity index (χ3n) is 8.16. The van der Waals surface area contributed by atoms with Gasteiger partial charge in [-0.15, -0.1) is 0 Å². The highest BCUT2D eigenvalue weighted by molar-refractivity contribution is 5.92. The second kappa shape index (κ2) is 11.2. The van der Waals surface area contributed by atoms with Gasteiger partial charge in [-0.2, -0.15) is 0 Å². The average Bonchev–Trinajstić information content (AvgIpc) is 3.49. The highest BCUT2D eigenvalue weighted by Crippen LogP contribution is 2.33. The molecule has 0 aliphatic carbocycles. The maximum absolute atomic E-state index is 13.7. The minimum Gasteiger partial charge on any atom is -0.355 e. The lowest BCUT2D eigenvalue weighted by molar-refractivity contribution is 0.206. The summed E-state index contributed by atoms with van der Waals surface area (Å²) < 4.78 is 0. The van der Waals surface area contributed by atoms with Gasteiger partial charge < -0.3 is 15.2 Å². The second-order valence-electron chi connectivity index (χ2n) is 11.0. The van der Waals surface area contributed by atoms with Crippen molar-refractivity contribution in [1.82, 2.24) is 24.8 Å². The third-order valence-corrected chi connectivity index (χ3v) is 8.16. The van der Waals surface area contributed by atoms with Gasteiger partial charge >= 0.3 is 6.03 Å². The number of anilines is 1. The Morgan fingerprint density at radius 3 is 2.63 bits per heavy atom. The van der Waals surface area contributed by atoms with Crippen LogP contribution in [0.25, 0.3) is 44.8 Å². The fraction of sp³-hybridized carbons (Fsp3) is 0.167. The number of aromatic nitrogens is 4.